The molecule has 0 aliphatic carbocycles. The molecule has 0 radical (unpaired) electrons. The Hall–Kier alpha value is -2.89. The van der Waals surface area contributed by atoms with E-state index in [-0.39, 0.29) is 11.4 Å². The lowest BCUT2D eigenvalue weighted by Crippen LogP contribution is -2.14. The van der Waals surface area contributed by atoms with Gasteiger partial charge in [0.25, 0.3) is 0 Å². The zero-order chi connectivity index (χ0) is 23.2. The first kappa shape index (κ1) is 25.4. The van der Waals surface area contributed by atoms with E-state index in [1.54, 1.807) is 18.2 Å². The van der Waals surface area contributed by atoms with Gasteiger partial charge in [-0.2, -0.15) is 0 Å². The average Bonchev–Trinajstić information content (AvgIpc) is 2.78. The Morgan fingerprint density at radius 2 is 1.66 bits per heavy atom. The van der Waals surface area contributed by atoms with Gasteiger partial charge in [-0.1, -0.05) is 87.2 Å². The third-order valence-electron chi connectivity index (χ3n) is 5.33. The first-order chi connectivity index (χ1) is 15.5. The van der Waals surface area contributed by atoms with Gasteiger partial charge in [-0.05, 0) is 44.0 Å². The highest BCUT2D eigenvalue weighted by Crippen LogP contribution is 2.22. The third-order valence-corrected chi connectivity index (χ3v) is 5.33. The van der Waals surface area contributed by atoms with Gasteiger partial charge in [0.15, 0.2) is 0 Å². The zero-order valence-corrected chi connectivity index (χ0v) is 19.2. The maximum atomic E-state index is 13.7. The molecule has 1 amide bonds. The fraction of sp³-hybridized carbons (Fsp3) is 0.462. The highest BCUT2D eigenvalue weighted by Gasteiger charge is 2.13. The van der Waals surface area contributed by atoms with Crippen LogP contribution >= 0.6 is 0 Å². The van der Waals surface area contributed by atoms with Crippen LogP contribution in [0.5, 0.6) is 5.75 Å². The summed E-state index contributed by atoms with van der Waals surface area (Å²) in [4.78, 5) is 17.1. The maximum Gasteiger partial charge on any atom is 0.437 e. The van der Waals surface area contributed by atoms with Gasteiger partial charge in [0.2, 0.25) is 0 Å². The van der Waals surface area contributed by atoms with Gasteiger partial charge >= 0.3 is 6.09 Å². The summed E-state index contributed by atoms with van der Waals surface area (Å²) < 4.78 is 13.7. The van der Waals surface area contributed by atoms with Crippen LogP contribution in [0.25, 0.3) is 0 Å². The van der Waals surface area contributed by atoms with E-state index in [9.17, 15) is 14.3 Å². The molecule has 2 rings (SSSR count). The number of nitrogens with one attached hydrogen (secondary N) is 1. The Balaban J connectivity index is 1.93. The smallest absolute Gasteiger partial charge is 0.437 e. The van der Waals surface area contributed by atoms with Crippen LogP contribution in [-0.4, -0.2) is 16.9 Å². The number of halogens is 1. The van der Waals surface area contributed by atoms with Gasteiger partial charge in [0, 0.05) is 5.56 Å². The lowest BCUT2D eigenvalue weighted by molar-refractivity contribution is 0.166. The summed E-state index contributed by atoms with van der Waals surface area (Å²) in [5.74, 6) is -0.469. The van der Waals surface area contributed by atoms with Gasteiger partial charge in [0.1, 0.15) is 11.6 Å². The molecule has 0 fully saturated rings. The number of anilines is 1. The van der Waals surface area contributed by atoms with Crippen LogP contribution in [-0.2, 0) is 4.84 Å². The summed E-state index contributed by atoms with van der Waals surface area (Å²) in [6, 6.07) is 11.1. The summed E-state index contributed by atoms with van der Waals surface area (Å²) in [6.07, 6.45) is 10.4. The van der Waals surface area contributed by atoms with Crippen molar-refractivity contribution in [1.29, 1.82) is 0 Å². The summed E-state index contributed by atoms with van der Waals surface area (Å²) in [7, 11) is 0. The molecule has 0 heterocycles. The van der Waals surface area contributed by atoms with Crippen LogP contribution in [0.3, 0.4) is 0 Å². The Labute approximate surface area is 190 Å². The topological polar surface area (TPSA) is 70.9 Å². The zero-order valence-electron chi connectivity index (χ0n) is 19.2. The lowest BCUT2D eigenvalue weighted by atomic mass is 10.00. The van der Waals surface area contributed by atoms with E-state index in [2.05, 4.69) is 17.4 Å². The summed E-state index contributed by atoms with van der Waals surface area (Å²) in [5, 5.41) is 16.7. The highest BCUT2D eigenvalue weighted by molar-refractivity contribution is 6.03. The van der Waals surface area contributed by atoms with Crippen LogP contribution in [0.2, 0.25) is 0 Å². The molecule has 0 bridgehead atoms. The van der Waals surface area contributed by atoms with Crippen LogP contribution in [0.1, 0.15) is 82.3 Å². The molecular formula is C26H35FN2O3. The number of nitrogens with zero attached hydrogens (tertiary/aromatic N) is 1. The fourth-order valence-electron chi connectivity index (χ4n) is 3.51. The van der Waals surface area contributed by atoms with E-state index >= 15 is 0 Å². The Morgan fingerprint density at radius 3 is 2.34 bits per heavy atom. The van der Waals surface area contributed by atoms with Crippen molar-refractivity contribution in [2.24, 2.45) is 5.16 Å². The second kappa shape index (κ2) is 14.2. The second-order valence-corrected chi connectivity index (χ2v) is 8.12. The van der Waals surface area contributed by atoms with Crippen LogP contribution in [0, 0.1) is 12.7 Å². The van der Waals surface area contributed by atoms with Crippen LogP contribution in [0.15, 0.2) is 47.6 Å². The molecule has 0 saturated heterocycles. The summed E-state index contributed by atoms with van der Waals surface area (Å²) >= 11 is 0. The number of benzene rings is 2. The molecule has 2 aromatic carbocycles. The Morgan fingerprint density at radius 1 is 1.00 bits per heavy atom. The highest BCUT2D eigenvalue weighted by atomic mass is 19.1. The monoisotopic (exact) mass is 442 g/mol. The summed E-state index contributed by atoms with van der Waals surface area (Å²) in [6.45, 7) is 4.14. The molecule has 32 heavy (non-hydrogen) atoms. The van der Waals surface area contributed by atoms with E-state index in [1.807, 2.05) is 13.0 Å². The van der Waals surface area contributed by atoms with E-state index < -0.39 is 11.9 Å². The molecule has 174 valence electrons. The van der Waals surface area contributed by atoms with Crippen molar-refractivity contribution in [1.82, 2.24) is 0 Å². The van der Waals surface area contributed by atoms with Gasteiger partial charge in [-0.3, -0.25) is 10.2 Å². The molecule has 0 spiro atoms. The maximum absolute atomic E-state index is 13.7. The van der Waals surface area contributed by atoms with Crippen molar-refractivity contribution < 1.29 is 19.1 Å². The number of hydrogen-bond donors (Lipinski definition) is 2. The first-order valence-corrected chi connectivity index (χ1v) is 11.6. The molecule has 0 aliphatic heterocycles. The van der Waals surface area contributed by atoms with Gasteiger partial charge in [0.05, 0.1) is 11.4 Å². The predicted molar refractivity (Wildman–Crippen MR) is 128 cm³/mol. The lowest BCUT2D eigenvalue weighted by Gasteiger charge is -2.10. The molecule has 0 saturated carbocycles. The minimum absolute atomic E-state index is 0.0200. The van der Waals surface area contributed by atoms with Crippen molar-refractivity contribution in [3.63, 3.8) is 0 Å². The minimum atomic E-state index is -0.883. The predicted octanol–water partition coefficient (Wildman–Crippen LogP) is 7.71. The number of hydrogen-bond acceptors (Lipinski definition) is 4. The van der Waals surface area contributed by atoms with Crippen molar-refractivity contribution in [2.45, 2.75) is 78.1 Å². The first-order valence-electron chi connectivity index (χ1n) is 11.6. The van der Waals surface area contributed by atoms with Gasteiger partial charge < -0.3 is 5.11 Å². The number of phenolic OH excluding ortho intramolecular Hbond substituents is 1. The minimum Gasteiger partial charge on any atom is -0.507 e. The van der Waals surface area contributed by atoms with E-state index in [0.29, 0.717) is 17.7 Å². The fourth-order valence-corrected chi connectivity index (χ4v) is 3.51. The molecular weight excluding hydrogens is 407 g/mol. The van der Waals surface area contributed by atoms with Crippen molar-refractivity contribution in [3.8, 4) is 5.75 Å². The van der Waals surface area contributed by atoms with Crippen molar-refractivity contribution >= 4 is 17.5 Å². The number of para-hydroxylation sites is 1. The number of phenols is 1. The van der Waals surface area contributed by atoms with Crippen molar-refractivity contribution in [2.75, 3.05) is 5.32 Å². The average molecular weight is 443 g/mol. The largest absolute Gasteiger partial charge is 0.507 e. The quantitative estimate of drug-likeness (QED) is 0.144. The molecule has 2 N–H and O–H groups in total. The molecule has 6 heteroatoms. The number of rotatable bonds is 13. The Kier molecular flexibility index (Phi) is 11.3. The second-order valence-electron chi connectivity index (χ2n) is 8.12. The molecule has 0 aromatic heterocycles. The van der Waals surface area contributed by atoms with Crippen LogP contribution in [0.4, 0.5) is 14.9 Å². The number of amides is 1. The molecule has 5 nitrogen and oxygen atoms in total. The molecule has 2 aromatic rings. The standard InChI is InChI=1S/C26H35FN2O3/c1-3-4-5-6-7-8-9-10-11-15-23(21-19-20(2)17-18-25(21)30)29-32-26(31)28-24-16-13-12-14-22(24)27/h12-14,16-19,30H,3-11,15H2,1-2H3,(H,28,31)/b29-23+. The summed E-state index contributed by atoms with van der Waals surface area (Å²) in [5.41, 5.74) is 2.03. The number of carbonyl (C=O) groups is 1. The van der Waals surface area contributed by atoms with E-state index in [4.69, 9.17) is 4.84 Å². The van der Waals surface area contributed by atoms with Crippen molar-refractivity contribution in [3.05, 3.63) is 59.4 Å². The number of aryl methyl sites for hydroxylation is 1. The van der Waals surface area contributed by atoms with Gasteiger partial charge in [-0.25, -0.2) is 9.18 Å². The number of unbranched alkanes of at least 4 members (excludes halogenated alkanes) is 8. The SMILES string of the molecule is CCCCCCCCCCC/C(=N\OC(=O)Nc1ccccc1F)c1cc(C)ccc1O. The van der Waals surface area contributed by atoms with Crippen LogP contribution < -0.4 is 5.32 Å². The van der Waals surface area contributed by atoms with Gasteiger partial charge in [-0.15, -0.1) is 0 Å². The van der Waals surface area contributed by atoms with E-state index in [0.717, 1.165) is 24.8 Å². The number of aromatic hydroxyl groups is 1. The normalized spacial score (nSPS) is 11.4. The molecule has 0 atom stereocenters. The molecule has 0 aliphatic rings. The number of oxime groups is 1. The number of carbonyl (C=O) groups excluding carboxylic acids is 1. The molecule has 0 unspecified atom stereocenters. The van der Waals surface area contributed by atoms with E-state index in [1.165, 1.54) is 56.7 Å². The Bertz CT molecular complexity index is 883. The third kappa shape index (κ3) is 9.08.